The minimum atomic E-state index is -0.255. The van der Waals surface area contributed by atoms with Gasteiger partial charge in [0, 0.05) is 48.7 Å². The molecule has 1 atom stereocenters. The van der Waals surface area contributed by atoms with Crippen LogP contribution in [-0.4, -0.2) is 56.0 Å². The third-order valence-electron chi connectivity index (χ3n) is 6.99. The number of nitrogens with zero attached hydrogens (tertiary/aromatic N) is 4. The van der Waals surface area contributed by atoms with Crippen molar-refractivity contribution in [3.63, 3.8) is 0 Å². The molecule has 10 heteroatoms. The molecule has 3 N–H and O–H groups in total. The molecule has 10 nitrogen and oxygen atoms in total. The van der Waals surface area contributed by atoms with Crippen molar-refractivity contribution >= 4 is 34.5 Å². The molecule has 0 saturated carbocycles. The number of fused-ring (bicyclic) bond motifs is 1. The van der Waals surface area contributed by atoms with E-state index in [0.717, 1.165) is 24.9 Å². The molecule has 1 unspecified atom stereocenters. The van der Waals surface area contributed by atoms with Gasteiger partial charge in [0.2, 0.25) is 0 Å². The SMILES string of the molecule is Cc1ccnc(NC(=O)c2ccc(Oc3ccnc4[nH]nc(NC5CCCN(C(=O)c6ccccc6)C5)c34)cc2)c1. The molecule has 0 bridgehead atoms. The zero-order valence-corrected chi connectivity index (χ0v) is 22.5. The van der Waals surface area contributed by atoms with Crippen molar-refractivity contribution in [2.75, 3.05) is 23.7 Å². The van der Waals surface area contributed by atoms with Crippen molar-refractivity contribution in [2.24, 2.45) is 0 Å². The summed E-state index contributed by atoms with van der Waals surface area (Å²) in [4.78, 5) is 36.1. The molecule has 41 heavy (non-hydrogen) atoms. The Hall–Kier alpha value is -5.25. The summed E-state index contributed by atoms with van der Waals surface area (Å²) in [7, 11) is 0. The summed E-state index contributed by atoms with van der Waals surface area (Å²) in [5.74, 6) is 2.02. The lowest BCUT2D eigenvalue weighted by molar-refractivity contribution is 0.0714. The van der Waals surface area contributed by atoms with E-state index in [1.165, 1.54) is 0 Å². The van der Waals surface area contributed by atoms with Crippen LogP contribution in [0.2, 0.25) is 0 Å². The molecule has 4 heterocycles. The fraction of sp³-hybridized carbons (Fsp3) is 0.194. The lowest BCUT2D eigenvalue weighted by atomic mass is 10.0. The molecule has 6 rings (SSSR count). The van der Waals surface area contributed by atoms with Crippen LogP contribution in [0, 0.1) is 6.92 Å². The second kappa shape index (κ2) is 11.5. The fourth-order valence-electron chi connectivity index (χ4n) is 4.94. The van der Waals surface area contributed by atoms with Crippen LogP contribution in [0.25, 0.3) is 11.0 Å². The first kappa shape index (κ1) is 26.0. The fourth-order valence-corrected chi connectivity index (χ4v) is 4.94. The molecule has 0 aliphatic carbocycles. The van der Waals surface area contributed by atoms with Gasteiger partial charge in [-0.1, -0.05) is 18.2 Å². The standard InChI is InChI=1S/C31H29N7O3/c1-20-13-15-32-26(18-20)35-30(39)21-9-11-24(12-10-21)41-25-14-16-33-28-27(25)29(37-36-28)34-23-8-5-17-38(19-23)31(40)22-6-3-2-4-7-22/h2-4,6-7,9-16,18,23H,5,8,17,19H2,1H3,(H,32,35,39)(H2,33,34,36,37). The smallest absolute Gasteiger partial charge is 0.256 e. The van der Waals surface area contributed by atoms with Crippen LogP contribution in [0.15, 0.2) is 85.2 Å². The van der Waals surface area contributed by atoms with Crippen LogP contribution in [0.1, 0.15) is 39.1 Å². The number of aromatic nitrogens is 4. The molecular weight excluding hydrogens is 518 g/mol. The molecule has 2 amide bonds. The molecule has 1 aliphatic heterocycles. The highest BCUT2D eigenvalue weighted by atomic mass is 16.5. The summed E-state index contributed by atoms with van der Waals surface area (Å²) >= 11 is 0. The molecular formula is C31H29N7O3. The molecule has 2 aromatic carbocycles. The number of likely N-dealkylation sites (tertiary alicyclic amines) is 1. The number of carbonyl (C=O) groups is 2. The van der Waals surface area contributed by atoms with E-state index in [4.69, 9.17) is 4.74 Å². The second-order valence-corrected chi connectivity index (χ2v) is 10.0. The van der Waals surface area contributed by atoms with Crippen molar-refractivity contribution in [3.8, 4) is 11.5 Å². The van der Waals surface area contributed by atoms with Gasteiger partial charge in [-0.3, -0.25) is 14.7 Å². The van der Waals surface area contributed by atoms with Gasteiger partial charge in [-0.25, -0.2) is 9.97 Å². The van der Waals surface area contributed by atoms with E-state index in [9.17, 15) is 9.59 Å². The molecule has 206 valence electrons. The van der Waals surface area contributed by atoms with Gasteiger partial charge in [-0.05, 0) is 73.9 Å². The Morgan fingerprint density at radius 1 is 0.976 bits per heavy atom. The Kier molecular flexibility index (Phi) is 7.27. The summed E-state index contributed by atoms with van der Waals surface area (Å²) in [5, 5.41) is 14.5. The van der Waals surface area contributed by atoms with Gasteiger partial charge in [-0.2, -0.15) is 5.10 Å². The topological polar surface area (TPSA) is 125 Å². The van der Waals surface area contributed by atoms with E-state index in [0.29, 0.717) is 51.8 Å². The summed E-state index contributed by atoms with van der Waals surface area (Å²) < 4.78 is 6.22. The summed E-state index contributed by atoms with van der Waals surface area (Å²) in [6, 6.07) is 21.7. The largest absolute Gasteiger partial charge is 0.456 e. The lowest BCUT2D eigenvalue weighted by Gasteiger charge is -2.33. The number of nitrogens with one attached hydrogen (secondary N) is 3. The minimum Gasteiger partial charge on any atom is -0.456 e. The van der Waals surface area contributed by atoms with Crippen LogP contribution in [0.5, 0.6) is 11.5 Å². The van der Waals surface area contributed by atoms with Gasteiger partial charge < -0.3 is 20.3 Å². The van der Waals surface area contributed by atoms with E-state index in [1.54, 1.807) is 42.7 Å². The van der Waals surface area contributed by atoms with Crippen molar-refractivity contribution in [1.82, 2.24) is 25.1 Å². The van der Waals surface area contributed by atoms with Gasteiger partial charge in [0.25, 0.3) is 11.8 Å². The number of piperidine rings is 1. The molecule has 3 aromatic heterocycles. The zero-order valence-electron chi connectivity index (χ0n) is 22.5. The Labute approximate surface area is 236 Å². The zero-order chi connectivity index (χ0) is 28.2. The second-order valence-electron chi connectivity index (χ2n) is 10.0. The predicted molar refractivity (Wildman–Crippen MR) is 156 cm³/mol. The van der Waals surface area contributed by atoms with Gasteiger partial charge in [0.05, 0.1) is 0 Å². The van der Waals surface area contributed by atoms with E-state index < -0.39 is 0 Å². The summed E-state index contributed by atoms with van der Waals surface area (Å²) in [6.45, 7) is 3.23. The Morgan fingerprint density at radius 2 is 1.78 bits per heavy atom. The van der Waals surface area contributed by atoms with Crippen LogP contribution in [0.4, 0.5) is 11.6 Å². The first-order valence-electron chi connectivity index (χ1n) is 13.5. The number of H-pyrrole nitrogens is 1. The normalized spacial score (nSPS) is 15.0. The van der Waals surface area contributed by atoms with Crippen LogP contribution in [-0.2, 0) is 0 Å². The van der Waals surface area contributed by atoms with E-state index in [-0.39, 0.29) is 17.9 Å². The number of anilines is 2. The van der Waals surface area contributed by atoms with Gasteiger partial charge >= 0.3 is 0 Å². The van der Waals surface area contributed by atoms with Crippen molar-refractivity contribution in [1.29, 1.82) is 0 Å². The van der Waals surface area contributed by atoms with Gasteiger partial charge in [0.1, 0.15) is 22.7 Å². The van der Waals surface area contributed by atoms with Crippen LogP contribution in [0.3, 0.4) is 0 Å². The summed E-state index contributed by atoms with van der Waals surface area (Å²) in [6.07, 6.45) is 5.10. The first-order chi connectivity index (χ1) is 20.0. The van der Waals surface area contributed by atoms with E-state index >= 15 is 0 Å². The number of benzene rings is 2. The molecule has 1 aliphatic rings. The van der Waals surface area contributed by atoms with Gasteiger partial charge in [-0.15, -0.1) is 0 Å². The maximum absolute atomic E-state index is 13.0. The monoisotopic (exact) mass is 547 g/mol. The van der Waals surface area contributed by atoms with Crippen LogP contribution < -0.4 is 15.4 Å². The highest BCUT2D eigenvalue weighted by Gasteiger charge is 2.26. The third-order valence-corrected chi connectivity index (χ3v) is 6.99. The predicted octanol–water partition coefficient (Wildman–Crippen LogP) is 5.42. The number of hydrogen-bond donors (Lipinski definition) is 3. The number of ether oxygens (including phenoxy) is 1. The Balaban J connectivity index is 1.15. The molecule has 1 fully saturated rings. The highest BCUT2D eigenvalue weighted by Crippen LogP contribution is 2.33. The number of carbonyl (C=O) groups excluding carboxylic acids is 2. The van der Waals surface area contributed by atoms with Crippen molar-refractivity contribution in [3.05, 3.63) is 102 Å². The third kappa shape index (κ3) is 5.86. The van der Waals surface area contributed by atoms with Gasteiger partial charge in [0.15, 0.2) is 11.5 Å². The van der Waals surface area contributed by atoms with E-state index in [1.807, 2.05) is 54.3 Å². The highest BCUT2D eigenvalue weighted by molar-refractivity contribution is 6.03. The molecule has 0 spiro atoms. The Bertz CT molecular complexity index is 1690. The Morgan fingerprint density at radius 3 is 2.59 bits per heavy atom. The van der Waals surface area contributed by atoms with Crippen LogP contribution >= 0.6 is 0 Å². The maximum Gasteiger partial charge on any atom is 0.256 e. The average molecular weight is 548 g/mol. The lowest BCUT2D eigenvalue weighted by Crippen LogP contribution is -2.45. The quantitative estimate of drug-likeness (QED) is 0.248. The van der Waals surface area contributed by atoms with Crippen molar-refractivity contribution < 1.29 is 14.3 Å². The number of hydrogen-bond acceptors (Lipinski definition) is 7. The number of amides is 2. The van der Waals surface area contributed by atoms with Crippen molar-refractivity contribution in [2.45, 2.75) is 25.8 Å². The number of aromatic amines is 1. The summed E-state index contributed by atoms with van der Waals surface area (Å²) in [5.41, 5.74) is 2.77. The first-order valence-corrected chi connectivity index (χ1v) is 13.5. The number of pyridine rings is 2. The average Bonchev–Trinajstić information content (AvgIpc) is 3.41. The van der Waals surface area contributed by atoms with E-state index in [2.05, 4.69) is 30.8 Å². The number of rotatable bonds is 7. The molecule has 1 saturated heterocycles. The minimum absolute atomic E-state index is 0.0247. The molecule has 5 aromatic rings. The molecule has 0 radical (unpaired) electrons. The number of aryl methyl sites for hydroxylation is 1. The maximum atomic E-state index is 13.0.